The highest BCUT2D eigenvalue weighted by atomic mass is 35.5. The van der Waals surface area contributed by atoms with Gasteiger partial charge in [-0.05, 0) is 62.2 Å². The van der Waals surface area contributed by atoms with Crippen LogP contribution in [0.5, 0.6) is 11.5 Å². The average molecular weight is 425 g/mol. The van der Waals surface area contributed by atoms with Crippen LogP contribution in [0.15, 0.2) is 42.5 Å². The number of aryl methyl sites for hydroxylation is 1. The molecule has 29 heavy (non-hydrogen) atoms. The topological polar surface area (TPSA) is 65.0 Å². The Bertz CT molecular complexity index is 812. The van der Waals surface area contributed by atoms with Crippen LogP contribution < -0.4 is 9.47 Å². The number of hydrogen-bond acceptors (Lipinski definition) is 4. The summed E-state index contributed by atoms with van der Waals surface area (Å²) in [5.41, 5.74) is 1.56. The van der Waals surface area contributed by atoms with Crippen molar-refractivity contribution in [1.29, 1.82) is 0 Å². The van der Waals surface area contributed by atoms with Crippen molar-refractivity contribution in [2.24, 2.45) is 0 Å². The predicted molar refractivity (Wildman–Crippen MR) is 110 cm³/mol. The van der Waals surface area contributed by atoms with E-state index in [4.69, 9.17) is 25.8 Å². The third-order valence-corrected chi connectivity index (χ3v) is 4.25. The Balaban J connectivity index is 1.87. The first kappa shape index (κ1) is 23.0. The molecule has 0 aliphatic rings. The summed E-state index contributed by atoms with van der Waals surface area (Å²) in [6.45, 7) is 5.07. The monoisotopic (exact) mass is 424 g/mol. The van der Waals surface area contributed by atoms with Gasteiger partial charge in [-0.25, -0.2) is 9.18 Å². The van der Waals surface area contributed by atoms with E-state index >= 15 is 0 Å². The number of carbonyl (C=O) groups is 1. The molecule has 0 saturated heterocycles. The lowest BCUT2D eigenvalue weighted by atomic mass is 10.1. The van der Waals surface area contributed by atoms with Crippen LogP contribution in [0.1, 0.15) is 25.0 Å². The molecule has 0 aliphatic carbocycles. The van der Waals surface area contributed by atoms with Gasteiger partial charge in [0.25, 0.3) is 0 Å². The Morgan fingerprint density at radius 1 is 1.14 bits per heavy atom. The van der Waals surface area contributed by atoms with Crippen molar-refractivity contribution >= 4 is 17.6 Å². The molecule has 5 nitrogen and oxygen atoms in total. The molecule has 2 atom stereocenters. The maximum absolute atomic E-state index is 14.2. The Labute approximate surface area is 175 Å². The molecule has 0 bridgehead atoms. The van der Waals surface area contributed by atoms with Gasteiger partial charge in [0, 0.05) is 11.4 Å². The quantitative estimate of drug-likeness (QED) is 0.557. The fraction of sp³-hybridized carbons (Fsp3) is 0.409. The molecule has 0 fully saturated rings. The van der Waals surface area contributed by atoms with Crippen molar-refractivity contribution in [2.45, 2.75) is 45.6 Å². The number of benzene rings is 2. The molecule has 0 spiro atoms. The van der Waals surface area contributed by atoms with Crippen LogP contribution >= 0.6 is 11.6 Å². The van der Waals surface area contributed by atoms with Gasteiger partial charge in [0.05, 0.1) is 6.10 Å². The van der Waals surface area contributed by atoms with Crippen molar-refractivity contribution in [2.75, 3.05) is 13.2 Å². The van der Waals surface area contributed by atoms with Gasteiger partial charge in [-0.2, -0.15) is 0 Å². The highest BCUT2D eigenvalue weighted by molar-refractivity contribution is 6.30. The lowest BCUT2D eigenvalue weighted by Gasteiger charge is -2.17. The Morgan fingerprint density at radius 3 is 2.52 bits per heavy atom. The van der Waals surface area contributed by atoms with Crippen LogP contribution in [0.2, 0.25) is 5.02 Å². The first-order valence-electron chi connectivity index (χ1n) is 9.37. The van der Waals surface area contributed by atoms with Crippen molar-refractivity contribution in [3.63, 3.8) is 0 Å². The minimum Gasteiger partial charge on any atom is -0.490 e. The van der Waals surface area contributed by atoms with Crippen molar-refractivity contribution in [3.8, 4) is 11.5 Å². The molecule has 2 unspecified atom stereocenters. The fourth-order valence-electron chi connectivity index (χ4n) is 2.69. The normalized spacial score (nSPS) is 13.2. The second-order valence-electron chi connectivity index (χ2n) is 6.99. The number of carboxylic acids is 1. The van der Waals surface area contributed by atoms with E-state index < -0.39 is 18.2 Å². The molecule has 0 heterocycles. The maximum Gasteiger partial charge on any atom is 0.333 e. The molecule has 2 aromatic carbocycles. The highest BCUT2D eigenvalue weighted by Crippen LogP contribution is 2.22. The first-order valence-corrected chi connectivity index (χ1v) is 9.75. The fourth-order valence-corrected chi connectivity index (χ4v) is 2.91. The number of hydrogen-bond donors (Lipinski definition) is 1. The number of aliphatic carboxylic acids is 1. The third-order valence-electron chi connectivity index (χ3n) is 4.02. The van der Waals surface area contributed by atoms with Crippen molar-refractivity contribution in [1.82, 2.24) is 0 Å². The molecule has 1 N–H and O–H groups in total. The van der Waals surface area contributed by atoms with E-state index in [0.717, 1.165) is 11.1 Å². The van der Waals surface area contributed by atoms with E-state index in [2.05, 4.69) is 0 Å². The van der Waals surface area contributed by atoms with Crippen molar-refractivity contribution in [3.05, 3.63) is 58.6 Å². The van der Waals surface area contributed by atoms with Crippen LogP contribution in [0, 0.1) is 6.92 Å². The van der Waals surface area contributed by atoms with E-state index in [1.165, 1.54) is 0 Å². The predicted octanol–water partition coefficient (Wildman–Crippen LogP) is 4.87. The number of rotatable bonds is 11. The van der Waals surface area contributed by atoms with Gasteiger partial charge >= 0.3 is 5.97 Å². The van der Waals surface area contributed by atoms with Gasteiger partial charge in [0.2, 0.25) is 0 Å². The van der Waals surface area contributed by atoms with Gasteiger partial charge in [-0.15, -0.1) is 0 Å². The second-order valence-corrected chi connectivity index (χ2v) is 7.43. The summed E-state index contributed by atoms with van der Waals surface area (Å²) in [6, 6.07) is 12.0. The number of halogens is 2. The van der Waals surface area contributed by atoms with Gasteiger partial charge in [-0.1, -0.05) is 23.7 Å². The van der Waals surface area contributed by atoms with Crippen molar-refractivity contribution < 1.29 is 28.5 Å². The molecular formula is C22H26ClFO5. The Hall–Kier alpha value is -2.31. The molecule has 0 aliphatic heterocycles. The standard InChI is InChI=1S/C22H26ClFO5/c1-14(2)29-21(22(25)26)11-16-5-4-6-19(10-16)27-12-18(24)13-28-20-8-7-17(23)9-15(20)3/h4-10,14,18,21H,11-13H2,1-3H3,(H,25,26). The zero-order valence-electron chi connectivity index (χ0n) is 16.7. The lowest BCUT2D eigenvalue weighted by molar-refractivity contribution is -0.153. The number of ether oxygens (including phenoxy) is 3. The molecule has 0 radical (unpaired) electrons. The highest BCUT2D eigenvalue weighted by Gasteiger charge is 2.20. The van der Waals surface area contributed by atoms with Gasteiger partial charge in [0.1, 0.15) is 24.7 Å². The minimum absolute atomic E-state index is 0.147. The van der Waals surface area contributed by atoms with Gasteiger partial charge < -0.3 is 19.3 Å². The Morgan fingerprint density at radius 2 is 1.86 bits per heavy atom. The zero-order valence-corrected chi connectivity index (χ0v) is 17.5. The third kappa shape index (κ3) is 7.91. The largest absolute Gasteiger partial charge is 0.490 e. The molecule has 0 amide bonds. The zero-order chi connectivity index (χ0) is 21.4. The second kappa shape index (κ2) is 11.0. The number of carboxylic acid groups (broad SMARTS) is 1. The molecule has 158 valence electrons. The van der Waals surface area contributed by atoms with E-state index in [9.17, 15) is 14.3 Å². The van der Waals surface area contributed by atoms with Crippen LogP contribution in [-0.2, 0) is 16.0 Å². The first-order chi connectivity index (χ1) is 13.7. The maximum atomic E-state index is 14.2. The molecule has 2 rings (SSSR count). The van der Waals surface area contributed by atoms with Gasteiger partial charge in [-0.3, -0.25) is 0 Å². The van der Waals surface area contributed by atoms with Crippen LogP contribution in [0.3, 0.4) is 0 Å². The summed E-state index contributed by atoms with van der Waals surface area (Å²) in [7, 11) is 0. The summed E-state index contributed by atoms with van der Waals surface area (Å²) < 4.78 is 30.6. The summed E-state index contributed by atoms with van der Waals surface area (Å²) >= 11 is 5.89. The van der Waals surface area contributed by atoms with Crippen LogP contribution in [-0.4, -0.2) is 42.7 Å². The molecule has 2 aromatic rings. The average Bonchev–Trinajstić information content (AvgIpc) is 2.65. The van der Waals surface area contributed by atoms with E-state index in [-0.39, 0.29) is 25.7 Å². The smallest absolute Gasteiger partial charge is 0.333 e. The van der Waals surface area contributed by atoms with Crippen LogP contribution in [0.4, 0.5) is 4.39 Å². The summed E-state index contributed by atoms with van der Waals surface area (Å²) in [5, 5.41) is 9.89. The number of alkyl halides is 1. The SMILES string of the molecule is Cc1cc(Cl)ccc1OCC(F)COc1cccc(CC(OC(C)C)C(=O)O)c1. The summed E-state index contributed by atoms with van der Waals surface area (Å²) in [6.07, 6.45) is -2.28. The lowest BCUT2D eigenvalue weighted by Crippen LogP contribution is -2.29. The Kier molecular flexibility index (Phi) is 8.73. The minimum atomic E-state index is -1.33. The molecule has 0 saturated carbocycles. The summed E-state index contributed by atoms with van der Waals surface area (Å²) in [4.78, 5) is 11.3. The molecular weight excluding hydrogens is 399 g/mol. The summed E-state index contributed by atoms with van der Waals surface area (Å²) in [5.74, 6) is 0.00825. The molecule has 7 heteroatoms. The van der Waals surface area contributed by atoms with E-state index in [1.807, 2.05) is 6.92 Å². The molecule has 0 aromatic heterocycles. The van der Waals surface area contributed by atoms with Crippen LogP contribution in [0.25, 0.3) is 0 Å². The van der Waals surface area contributed by atoms with Gasteiger partial charge in [0.15, 0.2) is 12.3 Å². The van der Waals surface area contributed by atoms with E-state index in [1.54, 1.807) is 56.3 Å². The van der Waals surface area contributed by atoms with E-state index in [0.29, 0.717) is 16.5 Å².